The molecule has 5 N–H and O–H groups in total. The molecule has 40 heavy (non-hydrogen) atoms. The molecular formula is C31H65N3O6. The molecule has 1 saturated heterocycles. The molecule has 1 heterocycles. The lowest BCUT2D eigenvalue weighted by Crippen LogP contribution is -2.37. The first kappa shape index (κ1) is 40.9. The van der Waals surface area contributed by atoms with E-state index in [4.69, 9.17) is 20.1 Å². The fourth-order valence-electron chi connectivity index (χ4n) is 4.33. The highest BCUT2D eigenvalue weighted by Gasteiger charge is 2.08. The SMILES string of the molecule is CC(O)C(=O)O.CCCCCCCCCCCCCCCCCCNCCCN1CCOCC1.CNCC(=O)O. The number of nitrogens with one attached hydrogen (secondary N) is 2. The van der Waals surface area contributed by atoms with Gasteiger partial charge in [0.05, 0.1) is 19.8 Å². The average Bonchev–Trinajstić information content (AvgIpc) is 2.93. The highest BCUT2D eigenvalue weighted by molar-refractivity contribution is 5.71. The van der Waals surface area contributed by atoms with Gasteiger partial charge >= 0.3 is 11.9 Å². The molecule has 0 aliphatic carbocycles. The Morgan fingerprint density at radius 2 is 1.15 bits per heavy atom. The van der Waals surface area contributed by atoms with Crippen molar-refractivity contribution < 1.29 is 29.6 Å². The predicted molar refractivity (Wildman–Crippen MR) is 165 cm³/mol. The van der Waals surface area contributed by atoms with E-state index in [2.05, 4.69) is 22.5 Å². The zero-order valence-corrected chi connectivity index (χ0v) is 26.3. The first-order valence-corrected chi connectivity index (χ1v) is 16.1. The predicted octanol–water partition coefficient (Wildman–Crippen LogP) is 5.30. The van der Waals surface area contributed by atoms with Gasteiger partial charge in [0.15, 0.2) is 0 Å². The second-order valence-corrected chi connectivity index (χ2v) is 10.8. The molecule has 1 unspecified atom stereocenters. The molecule has 0 radical (unpaired) electrons. The zero-order valence-electron chi connectivity index (χ0n) is 26.3. The van der Waals surface area contributed by atoms with Crippen molar-refractivity contribution >= 4 is 11.9 Å². The summed E-state index contributed by atoms with van der Waals surface area (Å²) in [6, 6.07) is 0. The van der Waals surface area contributed by atoms with Gasteiger partial charge < -0.3 is 30.7 Å². The average molecular weight is 576 g/mol. The van der Waals surface area contributed by atoms with Gasteiger partial charge in [-0.25, -0.2) is 4.79 Å². The Hall–Kier alpha value is -1.26. The summed E-state index contributed by atoms with van der Waals surface area (Å²) >= 11 is 0. The Balaban J connectivity index is 0. The summed E-state index contributed by atoms with van der Waals surface area (Å²) in [5.74, 6) is -2.01. The second kappa shape index (κ2) is 33.9. The van der Waals surface area contributed by atoms with Gasteiger partial charge in [-0.15, -0.1) is 0 Å². The molecule has 0 aromatic heterocycles. The number of carboxylic acids is 2. The molecule has 0 aromatic rings. The number of aliphatic hydroxyl groups is 1. The van der Waals surface area contributed by atoms with E-state index in [1.165, 1.54) is 136 Å². The van der Waals surface area contributed by atoms with Crippen LogP contribution in [0.15, 0.2) is 0 Å². The van der Waals surface area contributed by atoms with E-state index < -0.39 is 18.0 Å². The van der Waals surface area contributed by atoms with Crippen LogP contribution >= 0.6 is 0 Å². The van der Waals surface area contributed by atoms with E-state index in [1.54, 1.807) is 7.05 Å². The second-order valence-electron chi connectivity index (χ2n) is 10.8. The molecule has 1 aliphatic rings. The van der Waals surface area contributed by atoms with E-state index in [9.17, 15) is 9.59 Å². The number of carboxylic acid groups (broad SMARTS) is 2. The number of hydrogen-bond acceptors (Lipinski definition) is 7. The number of aliphatic carboxylic acids is 2. The maximum atomic E-state index is 9.54. The Morgan fingerprint density at radius 1 is 0.750 bits per heavy atom. The summed E-state index contributed by atoms with van der Waals surface area (Å²) in [4.78, 5) is 21.5. The van der Waals surface area contributed by atoms with Crippen molar-refractivity contribution in [1.29, 1.82) is 0 Å². The third kappa shape index (κ3) is 36.7. The molecule has 1 atom stereocenters. The fourth-order valence-corrected chi connectivity index (χ4v) is 4.33. The third-order valence-corrected chi connectivity index (χ3v) is 6.82. The van der Waals surface area contributed by atoms with Crippen molar-refractivity contribution in [2.45, 2.75) is 129 Å². The molecule has 0 saturated carbocycles. The number of ether oxygens (including phenoxy) is 1. The highest BCUT2D eigenvalue weighted by Crippen LogP contribution is 2.13. The van der Waals surface area contributed by atoms with Crippen LogP contribution in [0.5, 0.6) is 0 Å². The van der Waals surface area contributed by atoms with Gasteiger partial charge in [0, 0.05) is 13.1 Å². The summed E-state index contributed by atoms with van der Waals surface area (Å²) < 4.78 is 5.39. The Bertz CT molecular complexity index is 531. The Kier molecular flexibility index (Phi) is 34.7. The number of carbonyl (C=O) groups is 2. The van der Waals surface area contributed by atoms with Crippen molar-refractivity contribution in [2.75, 3.05) is 59.5 Å². The molecule has 240 valence electrons. The van der Waals surface area contributed by atoms with Crippen LogP contribution in [-0.2, 0) is 14.3 Å². The lowest BCUT2D eigenvalue weighted by Gasteiger charge is -2.26. The van der Waals surface area contributed by atoms with Crippen molar-refractivity contribution in [3.63, 3.8) is 0 Å². The standard InChI is InChI=1S/C25H52N2O.C3H7NO2.C3H6O3/c1-2-3-4-5-6-7-8-9-10-11-12-13-14-15-16-17-19-26-20-18-21-27-22-24-28-25-23-27;1-4-2-3(5)6;1-2(4)3(5)6/h26H,2-25H2,1H3;4H,2H2,1H3,(H,5,6);2,4H,1H3,(H,5,6). The van der Waals surface area contributed by atoms with E-state index in [0.29, 0.717) is 0 Å². The molecule has 1 rings (SSSR count). The number of rotatable bonds is 24. The molecule has 1 aliphatic heterocycles. The highest BCUT2D eigenvalue weighted by atomic mass is 16.5. The smallest absolute Gasteiger partial charge is 0.332 e. The van der Waals surface area contributed by atoms with Gasteiger partial charge in [-0.05, 0) is 46.4 Å². The maximum Gasteiger partial charge on any atom is 0.332 e. The van der Waals surface area contributed by atoms with Crippen LogP contribution in [0.25, 0.3) is 0 Å². The van der Waals surface area contributed by atoms with Gasteiger partial charge in [-0.3, -0.25) is 9.69 Å². The minimum absolute atomic E-state index is 0.0417. The van der Waals surface area contributed by atoms with Gasteiger partial charge in [-0.1, -0.05) is 103 Å². The lowest BCUT2D eigenvalue weighted by molar-refractivity contribution is -0.145. The van der Waals surface area contributed by atoms with Gasteiger partial charge in [0.25, 0.3) is 0 Å². The van der Waals surface area contributed by atoms with Crippen LogP contribution < -0.4 is 10.6 Å². The van der Waals surface area contributed by atoms with E-state index >= 15 is 0 Å². The molecule has 0 aromatic carbocycles. The van der Waals surface area contributed by atoms with Gasteiger partial charge in [-0.2, -0.15) is 0 Å². The summed E-state index contributed by atoms with van der Waals surface area (Å²) in [5, 5.41) is 29.7. The lowest BCUT2D eigenvalue weighted by atomic mass is 10.0. The fraction of sp³-hybridized carbons (Fsp3) is 0.935. The number of likely N-dealkylation sites (N-methyl/N-ethyl adjacent to an activating group) is 1. The van der Waals surface area contributed by atoms with E-state index in [-0.39, 0.29) is 6.54 Å². The number of hydrogen-bond donors (Lipinski definition) is 5. The molecule has 9 heteroatoms. The quantitative estimate of drug-likeness (QED) is 0.0973. The van der Waals surface area contributed by atoms with Crippen LogP contribution in [0.1, 0.15) is 123 Å². The topological polar surface area (TPSA) is 131 Å². The largest absolute Gasteiger partial charge is 0.480 e. The van der Waals surface area contributed by atoms with Crippen molar-refractivity contribution in [3.05, 3.63) is 0 Å². The summed E-state index contributed by atoms with van der Waals surface area (Å²) in [7, 11) is 1.59. The normalized spacial score (nSPS) is 14.0. The van der Waals surface area contributed by atoms with Gasteiger partial charge in [0.2, 0.25) is 0 Å². The third-order valence-electron chi connectivity index (χ3n) is 6.82. The number of nitrogens with zero attached hydrogens (tertiary/aromatic N) is 1. The summed E-state index contributed by atoms with van der Waals surface area (Å²) in [5.41, 5.74) is 0. The Labute approximate surface area is 245 Å². The molecule has 1 fully saturated rings. The van der Waals surface area contributed by atoms with Crippen LogP contribution in [0, 0.1) is 0 Å². The number of aliphatic hydroxyl groups excluding tert-OH is 1. The van der Waals surface area contributed by atoms with Gasteiger partial charge in [0.1, 0.15) is 6.10 Å². The van der Waals surface area contributed by atoms with Crippen LogP contribution in [0.3, 0.4) is 0 Å². The van der Waals surface area contributed by atoms with E-state index in [0.717, 1.165) is 26.3 Å². The van der Waals surface area contributed by atoms with Crippen molar-refractivity contribution in [1.82, 2.24) is 15.5 Å². The Morgan fingerprint density at radius 3 is 1.50 bits per heavy atom. The number of unbranched alkanes of at least 4 members (excludes halogenated alkanes) is 15. The first-order valence-electron chi connectivity index (χ1n) is 16.1. The monoisotopic (exact) mass is 575 g/mol. The first-order chi connectivity index (χ1) is 19.3. The zero-order chi connectivity index (χ0) is 30.1. The van der Waals surface area contributed by atoms with Crippen LogP contribution in [0.2, 0.25) is 0 Å². The molecular weight excluding hydrogens is 510 g/mol. The van der Waals surface area contributed by atoms with E-state index in [1.807, 2.05) is 0 Å². The molecule has 9 nitrogen and oxygen atoms in total. The number of morpholine rings is 1. The molecule has 0 bridgehead atoms. The van der Waals surface area contributed by atoms with Crippen molar-refractivity contribution in [2.24, 2.45) is 0 Å². The molecule has 0 spiro atoms. The minimum Gasteiger partial charge on any atom is -0.480 e. The summed E-state index contributed by atoms with van der Waals surface area (Å²) in [6.07, 6.45) is 23.2. The van der Waals surface area contributed by atoms with Crippen LogP contribution in [0.4, 0.5) is 0 Å². The van der Waals surface area contributed by atoms with Crippen molar-refractivity contribution in [3.8, 4) is 0 Å². The molecule has 0 amide bonds. The maximum absolute atomic E-state index is 9.54. The minimum atomic E-state index is -1.23. The van der Waals surface area contributed by atoms with Crippen LogP contribution in [-0.4, -0.2) is 97.8 Å². The summed E-state index contributed by atoms with van der Waals surface area (Å²) in [6.45, 7) is 11.2.